The fourth-order valence-corrected chi connectivity index (χ4v) is 1.58. The van der Waals surface area contributed by atoms with Gasteiger partial charge in [0.25, 0.3) is 5.91 Å². The average Bonchev–Trinajstić information content (AvgIpc) is 2.42. The Morgan fingerprint density at radius 1 is 1.25 bits per heavy atom. The molecule has 0 fully saturated rings. The zero-order chi connectivity index (χ0) is 15.1. The molecule has 0 aliphatic carbocycles. The molecule has 1 amide bonds. The Morgan fingerprint density at radius 2 is 1.95 bits per heavy atom. The van der Waals surface area contributed by atoms with E-state index in [-0.39, 0.29) is 12.8 Å². The second-order valence-corrected chi connectivity index (χ2v) is 4.13. The lowest BCUT2D eigenvalue weighted by molar-refractivity contribution is -0.140. The highest BCUT2D eigenvalue weighted by molar-refractivity contribution is 5.97. The monoisotopic (exact) mass is 280 g/mol. The van der Waals surface area contributed by atoms with Crippen LogP contribution in [0, 0.1) is 0 Å². The number of aliphatic carboxylic acids is 2. The molecule has 108 valence electrons. The van der Waals surface area contributed by atoms with Crippen molar-refractivity contribution in [1.82, 2.24) is 5.32 Å². The van der Waals surface area contributed by atoms with Crippen LogP contribution in [0.2, 0.25) is 0 Å². The van der Waals surface area contributed by atoms with Crippen LogP contribution in [0.4, 0.5) is 5.69 Å². The van der Waals surface area contributed by atoms with Gasteiger partial charge < -0.3 is 20.8 Å². The minimum Gasteiger partial charge on any atom is -0.481 e. The fraction of sp³-hybridized carbons (Fsp3) is 0.308. The Hall–Kier alpha value is -2.57. The van der Waals surface area contributed by atoms with Crippen molar-refractivity contribution in [2.75, 3.05) is 12.4 Å². The van der Waals surface area contributed by atoms with Crippen LogP contribution in [-0.4, -0.2) is 41.1 Å². The van der Waals surface area contributed by atoms with Gasteiger partial charge in [-0.3, -0.25) is 9.59 Å². The van der Waals surface area contributed by atoms with Gasteiger partial charge in [-0.05, 0) is 24.6 Å². The van der Waals surface area contributed by atoms with Crippen molar-refractivity contribution in [3.8, 4) is 0 Å². The van der Waals surface area contributed by atoms with Crippen molar-refractivity contribution in [1.29, 1.82) is 0 Å². The number of anilines is 1. The van der Waals surface area contributed by atoms with E-state index in [1.807, 2.05) is 0 Å². The Labute approximate surface area is 115 Å². The van der Waals surface area contributed by atoms with Gasteiger partial charge in [0.05, 0.1) is 0 Å². The number of carbonyl (C=O) groups excluding carboxylic acids is 1. The van der Waals surface area contributed by atoms with Crippen LogP contribution >= 0.6 is 0 Å². The molecule has 0 bridgehead atoms. The Morgan fingerprint density at radius 3 is 2.50 bits per heavy atom. The first-order valence-electron chi connectivity index (χ1n) is 5.97. The molecule has 0 spiro atoms. The number of carbonyl (C=O) groups is 3. The fourth-order valence-electron chi connectivity index (χ4n) is 1.58. The summed E-state index contributed by atoms with van der Waals surface area (Å²) in [5.41, 5.74) is 1.02. The second-order valence-electron chi connectivity index (χ2n) is 4.13. The third kappa shape index (κ3) is 4.60. The minimum absolute atomic E-state index is 0.165. The van der Waals surface area contributed by atoms with Gasteiger partial charge in [-0.25, -0.2) is 4.79 Å². The summed E-state index contributed by atoms with van der Waals surface area (Å²) < 4.78 is 0. The van der Waals surface area contributed by atoms with E-state index in [9.17, 15) is 14.4 Å². The van der Waals surface area contributed by atoms with Crippen molar-refractivity contribution in [2.24, 2.45) is 0 Å². The van der Waals surface area contributed by atoms with Crippen molar-refractivity contribution < 1.29 is 24.6 Å². The topological polar surface area (TPSA) is 116 Å². The number of hydrogen-bond donors (Lipinski definition) is 4. The van der Waals surface area contributed by atoms with Crippen molar-refractivity contribution in [3.63, 3.8) is 0 Å². The lowest BCUT2D eigenvalue weighted by Crippen LogP contribution is -2.41. The van der Waals surface area contributed by atoms with Crippen LogP contribution in [0.3, 0.4) is 0 Å². The van der Waals surface area contributed by atoms with Gasteiger partial charge in [-0.15, -0.1) is 0 Å². The molecule has 1 aromatic rings. The maximum atomic E-state index is 11.9. The number of nitrogens with one attached hydrogen (secondary N) is 2. The zero-order valence-electron chi connectivity index (χ0n) is 10.9. The molecular formula is C13H16N2O5. The third-order valence-electron chi connectivity index (χ3n) is 2.66. The lowest BCUT2D eigenvalue weighted by Gasteiger charge is -2.14. The number of amides is 1. The smallest absolute Gasteiger partial charge is 0.326 e. The first-order chi connectivity index (χ1) is 9.43. The highest BCUT2D eigenvalue weighted by atomic mass is 16.4. The summed E-state index contributed by atoms with van der Waals surface area (Å²) in [6, 6.07) is 5.32. The van der Waals surface area contributed by atoms with Crippen molar-refractivity contribution in [3.05, 3.63) is 29.8 Å². The molecule has 0 unspecified atom stereocenters. The highest BCUT2D eigenvalue weighted by Gasteiger charge is 2.21. The summed E-state index contributed by atoms with van der Waals surface area (Å²) in [6.45, 7) is 0. The highest BCUT2D eigenvalue weighted by Crippen LogP contribution is 2.10. The second kappa shape index (κ2) is 7.13. The predicted molar refractivity (Wildman–Crippen MR) is 71.7 cm³/mol. The molecule has 4 N–H and O–H groups in total. The molecule has 0 aliphatic rings. The van der Waals surface area contributed by atoms with Crippen LogP contribution in [0.1, 0.15) is 23.2 Å². The SMILES string of the molecule is CNc1cccc(C(=O)N[C@@H](CCC(=O)O)C(=O)O)c1. The molecule has 0 aromatic heterocycles. The van der Waals surface area contributed by atoms with E-state index in [0.29, 0.717) is 5.56 Å². The molecule has 20 heavy (non-hydrogen) atoms. The first-order valence-corrected chi connectivity index (χ1v) is 5.97. The van der Waals surface area contributed by atoms with E-state index in [2.05, 4.69) is 10.6 Å². The number of rotatable bonds is 7. The number of carboxylic acids is 2. The predicted octanol–water partition coefficient (Wildman–Crippen LogP) is 0.776. The van der Waals surface area contributed by atoms with Crippen LogP contribution in [0.25, 0.3) is 0 Å². The number of hydrogen-bond acceptors (Lipinski definition) is 4. The molecule has 0 saturated carbocycles. The molecule has 7 nitrogen and oxygen atoms in total. The van der Waals surface area contributed by atoms with Gasteiger partial charge in [0.2, 0.25) is 0 Å². The Balaban J connectivity index is 2.74. The van der Waals surface area contributed by atoms with Crippen LogP contribution in [0.5, 0.6) is 0 Å². The molecule has 1 rings (SSSR count). The van der Waals surface area contributed by atoms with Gasteiger partial charge >= 0.3 is 11.9 Å². The van der Waals surface area contributed by atoms with Crippen LogP contribution in [-0.2, 0) is 9.59 Å². The summed E-state index contributed by atoms with van der Waals surface area (Å²) in [6.07, 6.45) is -0.490. The molecule has 7 heteroatoms. The zero-order valence-corrected chi connectivity index (χ0v) is 10.9. The van der Waals surface area contributed by atoms with Crippen LogP contribution in [0.15, 0.2) is 24.3 Å². The van der Waals surface area contributed by atoms with Crippen molar-refractivity contribution >= 4 is 23.5 Å². The first kappa shape index (κ1) is 15.5. The van der Waals surface area contributed by atoms with E-state index in [1.165, 1.54) is 0 Å². The molecular weight excluding hydrogens is 264 g/mol. The van der Waals surface area contributed by atoms with E-state index >= 15 is 0 Å². The standard InChI is InChI=1S/C13H16N2O5/c1-14-9-4-2-3-8(7-9)12(18)15-10(13(19)20)5-6-11(16)17/h2-4,7,10,14H,5-6H2,1H3,(H,15,18)(H,16,17)(H,19,20)/t10-/m0/s1. The van der Waals surface area contributed by atoms with E-state index in [4.69, 9.17) is 10.2 Å². The number of carboxylic acid groups (broad SMARTS) is 2. The molecule has 0 saturated heterocycles. The van der Waals surface area contributed by atoms with Crippen molar-refractivity contribution in [2.45, 2.75) is 18.9 Å². The molecule has 0 aliphatic heterocycles. The average molecular weight is 280 g/mol. The summed E-state index contributed by atoms with van der Waals surface area (Å²) in [4.78, 5) is 33.4. The van der Waals surface area contributed by atoms with E-state index in [0.717, 1.165) is 5.69 Å². The van der Waals surface area contributed by atoms with Gasteiger partial charge in [0.1, 0.15) is 6.04 Å². The Kier molecular flexibility index (Phi) is 5.52. The summed E-state index contributed by atoms with van der Waals surface area (Å²) in [5, 5.41) is 22.7. The minimum atomic E-state index is -1.26. The normalized spacial score (nSPS) is 11.4. The quantitative estimate of drug-likeness (QED) is 0.586. The molecule has 0 heterocycles. The largest absolute Gasteiger partial charge is 0.481 e. The molecule has 0 radical (unpaired) electrons. The Bertz CT molecular complexity index is 515. The van der Waals surface area contributed by atoms with Gasteiger partial charge in [0, 0.05) is 24.7 Å². The van der Waals surface area contributed by atoms with Gasteiger partial charge in [-0.1, -0.05) is 6.07 Å². The third-order valence-corrected chi connectivity index (χ3v) is 2.66. The lowest BCUT2D eigenvalue weighted by atomic mass is 10.1. The maximum Gasteiger partial charge on any atom is 0.326 e. The van der Waals surface area contributed by atoms with Gasteiger partial charge in [-0.2, -0.15) is 0 Å². The van der Waals surface area contributed by atoms with E-state index in [1.54, 1.807) is 31.3 Å². The summed E-state index contributed by atoms with van der Waals surface area (Å²) in [5.74, 6) is -2.92. The van der Waals surface area contributed by atoms with Crippen LogP contribution < -0.4 is 10.6 Å². The number of benzene rings is 1. The molecule has 1 aromatic carbocycles. The molecule has 1 atom stereocenters. The maximum absolute atomic E-state index is 11.9. The summed E-state index contributed by atoms with van der Waals surface area (Å²) >= 11 is 0. The van der Waals surface area contributed by atoms with E-state index < -0.39 is 23.9 Å². The van der Waals surface area contributed by atoms with Gasteiger partial charge in [0.15, 0.2) is 0 Å². The summed E-state index contributed by atoms with van der Waals surface area (Å²) in [7, 11) is 1.70.